The van der Waals surface area contributed by atoms with Crippen LogP contribution in [0.1, 0.15) is 265 Å². The van der Waals surface area contributed by atoms with Crippen molar-refractivity contribution in [1.82, 2.24) is 0 Å². The maximum absolute atomic E-state index is 13.2. The zero-order valence-corrected chi connectivity index (χ0v) is 52.2. The quantitative estimate of drug-likeness (QED) is 0.0228. The van der Waals surface area contributed by atoms with Gasteiger partial charge in [-0.15, -0.1) is 0 Å². The molecule has 1 rings (SSSR count). The molecular weight excluding hydrogens is 1040 g/mol. The molecule has 1 aliphatic heterocycles. The Hall–Kier alpha value is -4.62. The Labute approximate surface area is 504 Å². The third kappa shape index (κ3) is 47.3. The summed E-state index contributed by atoms with van der Waals surface area (Å²) in [6.07, 6.45) is 66.1. The molecule has 1 saturated heterocycles. The molecule has 0 amide bonds. The minimum absolute atomic E-state index is 0.0483. The Morgan fingerprint density at radius 3 is 1.17 bits per heavy atom. The van der Waals surface area contributed by atoms with Crippen molar-refractivity contribution in [2.24, 2.45) is 0 Å². The van der Waals surface area contributed by atoms with Gasteiger partial charge in [-0.1, -0.05) is 233 Å². The highest BCUT2D eigenvalue weighted by Gasteiger charge is 2.50. The number of hydrogen-bond donors (Lipinski definition) is 3. The molecule has 3 N–H and O–H groups in total. The summed E-state index contributed by atoms with van der Waals surface area (Å²) < 4.78 is 28.5. The van der Waals surface area contributed by atoms with Crippen LogP contribution in [-0.4, -0.2) is 89.2 Å². The second-order valence-electron chi connectivity index (χ2n) is 22.0. The number of carbonyl (C=O) groups excluding carboxylic acids is 3. The normalized spacial score (nSPS) is 18.3. The van der Waals surface area contributed by atoms with Crippen molar-refractivity contribution in [3.8, 4) is 0 Å². The topological polar surface area (TPSA) is 175 Å². The van der Waals surface area contributed by atoms with Crippen LogP contribution in [0.4, 0.5) is 0 Å². The maximum Gasteiger partial charge on any atom is 0.335 e. The van der Waals surface area contributed by atoms with E-state index in [4.69, 9.17) is 23.7 Å². The number of aliphatic hydroxyl groups excluding tert-OH is 2. The smallest absolute Gasteiger partial charge is 0.335 e. The average molecular weight is 1160 g/mol. The van der Waals surface area contributed by atoms with Crippen LogP contribution >= 0.6 is 0 Å². The van der Waals surface area contributed by atoms with Gasteiger partial charge in [0, 0.05) is 19.3 Å². The number of carboxylic acid groups (broad SMARTS) is 1. The highest BCUT2D eigenvalue weighted by atomic mass is 16.7. The molecule has 1 heterocycles. The lowest BCUT2D eigenvalue weighted by molar-refractivity contribution is -0.301. The van der Waals surface area contributed by atoms with Gasteiger partial charge in [0.15, 0.2) is 24.6 Å². The molecule has 0 saturated carbocycles. The second kappa shape index (κ2) is 57.8. The Bertz CT molecular complexity index is 1860. The van der Waals surface area contributed by atoms with Crippen LogP contribution in [0.5, 0.6) is 0 Å². The molecule has 1 aliphatic rings. The zero-order chi connectivity index (χ0) is 60.3. The van der Waals surface area contributed by atoms with Crippen LogP contribution in [0, 0.1) is 0 Å². The van der Waals surface area contributed by atoms with Crippen LogP contribution in [0.25, 0.3) is 0 Å². The van der Waals surface area contributed by atoms with Gasteiger partial charge in [0.05, 0.1) is 6.61 Å². The first-order valence-electron chi connectivity index (χ1n) is 32.9. The summed E-state index contributed by atoms with van der Waals surface area (Å²) in [5.74, 6) is -3.19. The van der Waals surface area contributed by atoms with Gasteiger partial charge < -0.3 is 39.0 Å². The van der Waals surface area contributed by atoms with Gasteiger partial charge >= 0.3 is 23.9 Å². The molecular formula is C71H116O12. The van der Waals surface area contributed by atoms with Crippen molar-refractivity contribution in [2.75, 3.05) is 13.2 Å². The first kappa shape index (κ1) is 76.4. The standard InChI is InChI=1S/C71H116O12/c1-4-7-10-13-16-19-22-25-28-31-32-35-38-41-44-47-50-53-56-59-65(74)82-69-67(76)66(75)68(70(77)78)83-71(69)80-61-62(81-64(73)58-55-52-49-46-43-40-37-34-30-27-24-21-18-15-12-9-6-3)60-79-63(72)57-54-51-48-45-42-39-36-33-29-26-23-20-17-14-11-8-5-2/h8-9,11-12,17-18,20-21,25-30,36-37,39-40,62,66-69,71,75-76H,4-7,10,13-16,19,22-24,31-35,38,41-61H2,1-3H3,(H,77,78)/b11-8-,12-9-,20-17-,21-18-,28-25-,29-26-,30-27-,39-36-,40-37-. The molecule has 0 spiro atoms. The average Bonchev–Trinajstić information content (AvgIpc) is 3.58. The van der Waals surface area contributed by atoms with E-state index >= 15 is 0 Å². The first-order valence-corrected chi connectivity index (χ1v) is 32.9. The summed E-state index contributed by atoms with van der Waals surface area (Å²) in [4.78, 5) is 51.4. The Balaban J connectivity index is 2.69. The first-order chi connectivity index (χ1) is 40.6. The minimum atomic E-state index is -1.92. The van der Waals surface area contributed by atoms with E-state index in [0.717, 1.165) is 135 Å². The summed E-state index contributed by atoms with van der Waals surface area (Å²) in [6, 6.07) is 0. The highest BCUT2D eigenvalue weighted by Crippen LogP contribution is 2.26. The number of unbranched alkanes of at least 4 members (excludes halogenated alkanes) is 23. The van der Waals surface area contributed by atoms with E-state index in [9.17, 15) is 34.5 Å². The number of carbonyl (C=O) groups is 4. The molecule has 0 bridgehead atoms. The predicted octanol–water partition coefficient (Wildman–Crippen LogP) is 17.8. The molecule has 6 atom stereocenters. The molecule has 0 radical (unpaired) electrons. The van der Waals surface area contributed by atoms with E-state index in [-0.39, 0.29) is 25.9 Å². The second-order valence-corrected chi connectivity index (χ2v) is 22.0. The van der Waals surface area contributed by atoms with Gasteiger partial charge in [-0.25, -0.2) is 4.79 Å². The lowest BCUT2D eigenvalue weighted by Crippen LogP contribution is -2.61. The Morgan fingerprint density at radius 1 is 0.410 bits per heavy atom. The van der Waals surface area contributed by atoms with Crippen LogP contribution in [0.3, 0.4) is 0 Å². The third-order valence-electron chi connectivity index (χ3n) is 14.3. The highest BCUT2D eigenvalue weighted by molar-refractivity contribution is 5.74. The van der Waals surface area contributed by atoms with Crippen molar-refractivity contribution in [3.05, 3.63) is 109 Å². The fourth-order valence-corrected chi connectivity index (χ4v) is 9.34. The number of aliphatic carboxylic acids is 1. The molecule has 1 fully saturated rings. The number of rotatable bonds is 55. The van der Waals surface area contributed by atoms with Gasteiger partial charge in [-0.05, 0) is 122 Å². The van der Waals surface area contributed by atoms with E-state index in [1.54, 1.807) is 0 Å². The fraction of sp³-hybridized carbons (Fsp3) is 0.690. The van der Waals surface area contributed by atoms with Gasteiger partial charge in [0.1, 0.15) is 18.8 Å². The molecule has 6 unspecified atom stereocenters. The summed E-state index contributed by atoms with van der Waals surface area (Å²) in [5, 5.41) is 31.6. The van der Waals surface area contributed by atoms with Gasteiger partial charge in [-0.2, -0.15) is 0 Å². The van der Waals surface area contributed by atoms with Crippen LogP contribution in [0.15, 0.2) is 109 Å². The summed E-state index contributed by atoms with van der Waals surface area (Å²) in [7, 11) is 0. The zero-order valence-electron chi connectivity index (χ0n) is 52.2. The molecule has 83 heavy (non-hydrogen) atoms. The summed E-state index contributed by atoms with van der Waals surface area (Å²) in [5.41, 5.74) is 0. The third-order valence-corrected chi connectivity index (χ3v) is 14.3. The van der Waals surface area contributed by atoms with Crippen molar-refractivity contribution in [3.63, 3.8) is 0 Å². The van der Waals surface area contributed by atoms with Gasteiger partial charge in [0.2, 0.25) is 0 Å². The number of ether oxygens (including phenoxy) is 5. The van der Waals surface area contributed by atoms with Crippen LogP contribution in [0.2, 0.25) is 0 Å². The number of esters is 3. The van der Waals surface area contributed by atoms with Crippen molar-refractivity contribution in [2.45, 2.75) is 302 Å². The molecule has 0 aromatic heterocycles. The molecule has 0 aromatic rings. The van der Waals surface area contributed by atoms with E-state index in [2.05, 4.69) is 130 Å². The fourth-order valence-electron chi connectivity index (χ4n) is 9.34. The summed E-state index contributed by atoms with van der Waals surface area (Å²) in [6.45, 7) is 5.74. The molecule has 12 heteroatoms. The SMILES string of the molecule is CC/C=C\C/C=C\C/C=C\C/C=C\CCCCCCC(=O)OCC(COC1OC(C(=O)O)C(O)C(O)C1OC(=O)CCCCCCCCCCC/C=C\CCCCCCCC)OC(=O)CCCCCC/C=C\C/C=C\C/C=C\C/C=C\CC. The Kier molecular flexibility index (Phi) is 53.2. The summed E-state index contributed by atoms with van der Waals surface area (Å²) >= 11 is 0. The molecule has 472 valence electrons. The lowest BCUT2D eigenvalue weighted by atomic mass is 9.98. The number of allylic oxidation sites excluding steroid dienone is 18. The van der Waals surface area contributed by atoms with Crippen LogP contribution in [-0.2, 0) is 42.9 Å². The molecule has 0 aliphatic carbocycles. The largest absolute Gasteiger partial charge is 0.479 e. The number of carboxylic acids is 1. The van der Waals surface area contributed by atoms with E-state index in [0.29, 0.717) is 19.3 Å². The van der Waals surface area contributed by atoms with Gasteiger partial charge in [-0.3, -0.25) is 14.4 Å². The minimum Gasteiger partial charge on any atom is -0.479 e. The van der Waals surface area contributed by atoms with Crippen molar-refractivity contribution in [1.29, 1.82) is 0 Å². The number of aliphatic hydroxyl groups is 2. The van der Waals surface area contributed by atoms with Crippen LogP contribution < -0.4 is 0 Å². The Morgan fingerprint density at radius 2 is 0.759 bits per heavy atom. The van der Waals surface area contributed by atoms with E-state index in [1.807, 2.05) is 0 Å². The number of hydrogen-bond acceptors (Lipinski definition) is 11. The van der Waals surface area contributed by atoms with Gasteiger partial charge in [0.25, 0.3) is 0 Å². The van der Waals surface area contributed by atoms with E-state index < -0.39 is 67.3 Å². The maximum atomic E-state index is 13.2. The van der Waals surface area contributed by atoms with Crippen molar-refractivity contribution >= 4 is 23.9 Å². The predicted molar refractivity (Wildman–Crippen MR) is 340 cm³/mol. The molecule has 12 nitrogen and oxygen atoms in total. The molecule has 0 aromatic carbocycles. The monoisotopic (exact) mass is 1160 g/mol. The van der Waals surface area contributed by atoms with E-state index in [1.165, 1.54) is 70.6 Å². The lowest BCUT2D eigenvalue weighted by Gasteiger charge is -2.40. The van der Waals surface area contributed by atoms with Crippen molar-refractivity contribution < 1.29 is 58.2 Å².